The number of rotatable bonds is 6. The molecule has 0 aliphatic heterocycles. The summed E-state index contributed by atoms with van der Waals surface area (Å²) < 4.78 is 48.2. The number of hydrogen-bond donors (Lipinski definition) is 0. The third-order valence-electron chi connectivity index (χ3n) is 2.71. The smallest absolute Gasteiger partial charge is 0.266 e. The highest BCUT2D eigenvalue weighted by molar-refractivity contribution is 7.93. The van der Waals surface area contributed by atoms with Crippen LogP contribution >= 0.6 is 11.3 Å². The Hall–Kier alpha value is -2.13. The lowest BCUT2D eigenvalue weighted by Crippen LogP contribution is -2.05. The normalized spacial score (nSPS) is 12.2. The number of allylic oxidation sites excluding steroid dienone is 1. The van der Waals surface area contributed by atoms with Crippen LogP contribution in [0, 0.1) is 5.21 Å². The van der Waals surface area contributed by atoms with Crippen LogP contribution in [0.2, 0.25) is 0 Å². The van der Waals surface area contributed by atoms with Crippen molar-refractivity contribution in [3.05, 3.63) is 58.8 Å². The van der Waals surface area contributed by atoms with Gasteiger partial charge in [-0.25, -0.2) is 13.4 Å². The summed E-state index contributed by atoms with van der Waals surface area (Å²) in [6, 6.07) is 8.39. The predicted molar refractivity (Wildman–Crippen MR) is 84.0 cm³/mol. The van der Waals surface area contributed by atoms with E-state index in [0.29, 0.717) is 21.4 Å². The van der Waals surface area contributed by atoms with E-state index in [-0.39, 0.29) is 10.8 Å². The molecule has 0 aliphatic carbocycles. The van der Waals surface area contributed by atoms with Gasteiger partial charge in [-0.2, -0.15) is 13.5 Å². The molecule has 1 aromatic heterocycles. The fourth-order valence-electron chi connectivity index (χ4n) is 1.65. The molecule has 0 unspecified atom stereocenters. The van der Waals surface area contributed by atoms with Crippen LogP contribution in [0.3, 0.4) is 0 Å². The van der Waals surface area contributed by atoms with Gasteiger partial charge in [-0.3, -0.25) is 0 Å². The average Bonchev–Trinajstić information content (AvgIpc) is 2.97. The van der Waals surface area contributed by atoms with Crippen molar-refractivity contribution < 1.29 is 21.9 Å². The number of benzene rings is 1. The lowest BCUT2D eigenvalue weighted by molar-refractivity contribution is -0.354. The minimum Gasteiger partial charge on any atom is -0.618 e. The molecule has 0 N–H and O–H groups in total. The van der Waals surface area contributed by atoms with E-state index in [9.17, 15) is 22.4 Å². The standard InChI is InChI=1S/C14H12F2N2O3S2/c15-13(16)7-4-8-23(20,21)14-17-9-12(22-14)10-18(19)11-5-2-1-3-6-11/h1-3,5-7,9-10H,4,8H2/b18-10-. The second kappa shape index (κ2) is 7.42. The first kappa shape index (κ1) is 17.2. The zero-order valence-electron chi connectivity index (χ0n) is 11.7. The molecular weight excluding hydrogens is 346 g/mol. The van der Waals surface area contributed by atoms with Gasteiger partial charge >= 0.3 is 0 Å². The molecule has 0 saturated heterocycles. The topological polar surface area (TPSA) is 73.1 Å². The first-order valence-electron chi connectivity index (χ1n) is 6.44. The van der Waals surface area contributed by atoms with Crippen LogP contribution in [0.5, 0.6) is 0 Å². The van der Waals surface area contributed by atoms with Crippen LogP contribution in [0.1, 0.15) is 11.3 Å². The van der Waals surface area contributed by atoms with Gasteiger partial charge in [0.15, 0.2) is 6.21 Å². The maximum Gasteiger partial charge on any atom is 0.266 e. The Balaban J connectivity index is 2.16. The molecule has 0 atom stereocenters. The lowest BCUT2D eigenvalue weighted by atomic mass is 10.3. The second-order valence-corrected chi connectivity index (χ2v) is 7.77. The van der Waals surface area contributed by atoms with Crippen molar-refractivity contribution in [2.45, 2.75) is 10.8 Å². The molecule has 9 heteroatoms. The van der Waals surface area contributed by atoms with E-state index in [1.54, 1.807) is 30.3 Å². The Morgan fingerprint density at radius 1 is 1.30 bits per heavy atom. The summed E-state index contributed by atoms with van der Waals surface area (Å²) in [7, 11) is -3.75. The number of nitrogens with zero attached hydrogens (tertiary/aromatic N) is 2. The third-order valence-corrected chi connectivity index (χ3v) is 5.86. The highest BCUT2D eigenvalue weighted by atomic mass is 32.2. The summed E-state index contributed by atoms with van der Waals surface area (Å²) >= 11 is 0.817. The van der Waals surface area contributed by atoms with E-state index in [4.69, 9.17) is 0 Å². The van der Waals surface area contributed by atoms with Crippen molar-refractivity contribution in [2.75, 3.05) is 5.75 Å². The molecule has 5 nitrogen and oxygen atoms in total. The summed E-state index contributed by atoms with van der Waals surface area (Å²) in [5.41, 5.74) is 0.397. The van der Waals surface area contributed by atoms with Gasteiger partial charge < -0.3 is 5.21 Å². The van der Waals surface area contributed by atoms with E-state index >= 15 is 0 Å². The minimum absolute atomic E-state index is 0.196. The predicted octanol–water partition coefficient (Wildman–Crippen LogP) is 3.35. The van der Waals surface area contributed by atoms with Crippen LogP contribution in [0.15, 0.2) is 53.0 Å². The minimum atomic E-state index is -3.75. The molecular formula is C14H12F2N2O3S2. The van der Waals surface area contributed by atoms with Crippen molar-refractivity contribution >= 4 is 33.1 Å². The fourth-order valence-corrected chi connectivity index (χ4v) is 4.07. The van der Waals surface area contributed by atoms with Gasteiger partial charge in [0, 0.05) is 12.1 Å². The first-order chi connectivity index (χ1) is 10.9. The molecule has 2 rings (SSSR count). The van der Waals surface area contributed by atoms with Crippen molar-refractivity contribution in [3.8, 4) is 0 Å². The molecule has 0 bridgehead atoms. The molecule has 0 aliphatic rings. The fraction of sp³-hybridized carbons (Fsp3) is 0.143. The quantitative estimate of drug-likeness (QED) is 0.344. The zero-order valence-corrected chi connectivity index (χ0v) is 13.4. The van der Waals surface area contributed by atoms with Crippen molar-refractivity contribution in [3.63, 3.8) is 0 Å². The van der Waals surface area contributed by atoms with Crippen molar-refractivity contribution in [1.29, 1.82) is 0 Å². The number of aromatic nitrogens is 1. The van der Waals surface area contributed by atoms with Crippen LogP contribution in [-0.2, 0) is 9.84 Å². The molecule has 0 spiro atoms. The molecule has 0 saturated carbocycles. The van der Waals surface area contributed by atoms with Crippen molar-refractivity contribution in [1.82, 2.24) is 4.98 Å². The Morgan fingerprint density at radius 3 is 2.65 bits per heavy atom. The second-order valence-electron chi connectivity index (χ2n) is 4.42. The van der Waals surface area contributed by atoms with Crippen LogP contribution in [0.4, 0.5) is 14.5 Å². The number of hydrogen-bond acceptors (Lipinski definition) is 5. The van der Waals surface area contributed by atoms with Gasteiger partial charge in [0.25, 0.3) is 6.08 Å². The molecule has 0 amide bonds. The van der Waals surface area contributed by atoms with Gasteiger partial charge in [0.05, 0.1) is 11.9 Å². The maximum atomic E-state index is 12.0. The van der Waals surface area contributed by atoms with E-state index in [0.717, 1.165) is 11.3 Å². The zero-order chi connectivity index (χ0) is 16.9. The Kier molecular flexibility index (Phi) is 5.56. The Labute approximate surface area is 135 Å². The summed E-state index contributed by atoms with van der Waals surface area (Å²) in [4.78, 5) is 4.11. The van der Waals surface area contributed by atoms with Crippen molar-refractivity contribution in [2.24, 2.45) is 0 Å². The highest BCUT2D eigenvalue weighted by Crippen LogP contribution is 2.20. The van der Waals surface area contributed by atoms with Crippen LogP contribution in [-0.4, -0.2) is 30.1 Å². The monoisotopic (exact) mass is 358 g/mol. The third kappa shape index (κ3) is 4.93. The van der Waals surface area contributed by atoms with Gasteiger partial charge in [0.1, 0.15) is 4.88 Å². The average molecular weight is 358 g/mol. The van der Waals surface area contributed by atoms with E-state index in [1.807, 2.05) is 0 Å². The first-order valence-corrected chi connectivity index (χ1v) is 8.91. The molecule has 1 aromatic carbocycles. The number of thiazole rings is 1. The summed E-state index contributed by atoms with van der Waals surface area (Å²) in [5.74, 6) is -0.461. The van der Waals surface area contributed by atoms with Crippen LogP contribution < -0.4 is 0 Å². The molecule has 0 radical (unpaired) electrons. The van der Waals surface area contributed by atoms with Gasteiger partial charge in [0.2, 0.25) is 19.9 Å². The van der Waals surface area contributed by atoms with E-state index < -0.39 is 21.7 Å². The van der Waals surface area contributed by atoms with Crippen LogP contribution in [0.25, 0.3) is 0 Å². The van der Waals surface area contributed by atoms with Gasteiger partial charge in [-0.05, 0) is 12.5 Å². The highest BCUT2D eigenvalue weighted by Gasteiger charge is 2.19. The SMILES string of the molecule is O=S(=O)(CCC=C(F)F)c1ncc(/C=[N+](\[O-])c2ccccc2)s1. The maximum absolute atomic E-state index is 12.0. The molecule has 23 heavy (non-hydrogen) atoms. The summed E-state index contributed by atoms with van der Waals surface area (Å²) in [6.45, 7) is 0. The molecule has 0 fully saturated rings. The van der Waals surface area contributed by atoms with E-state index in [2.05, 4.69) is 4.98 Å². The number of sulfone groups is 1. The summed E-state index contributed by atoms with van der Waals surface area (Å²) in [5, 5.41) is 11.9. The number of para-hydroxylation sites is 1. The molecule has 1 heterocycles. The van der Waals surface area contributed by atoms with Gasteiger partial charge in [-0.15, -0.1) is 0 Å². The largest absolute Gasteiger partial charge is 0.618 e. The molecule has 122 valence electrons. The molecule has 2 aromatic rings. The van der Waals surface area contributed by atoms with E-state index in [1.165, 1.54) is 12.4 Å². The Bertz CT molecular complexity index is 827. The number of halogens is 2. The van der Waals surface area contributed by atoms with Gasteiger partial charge in [-0.1, -0.05) is 29.5 Å². The Morgan fingerprint density at radius 2 is 2.00 bits per heavy atom. The lowest BCUT2D eigenvalue weighted by Gasteiger charge is -2.00. The summed E-state index contributed by atoms with van der Waals surface area (Å²) in [6.07, 6.45) is 0.816.